The summed E-state index contributed by atoms with van der Waals surface area (Å²) in [6.45, 7) is 1.97. The van der Waals surface area contributed by atoms with Gasteiger partial charge in [0.05, 0.1) is 16.8 Å². The van der Waals surface area contributed by atoms with Gasteiger partial charge in [0.2, 0.25) is 0 Å². The van der Waals surface area contributed by atoms with Crippen LogP contribution < -0.4 is 0 Å². The molecule has 0 aliphatic carbocycles. The molecule has 0 bridgehead atoms. The highest BCUT2D eigenvalue weighted by Crippen LogP contribution is 2.36. The van der Waals surface area contributed by atoms with Crippen molar-refractivity contribution in [2.24, 2.45) is 7.05 Å². The summed E-state index contributed by atoms with van der Waals surface area (Å²) in [5, 5.41) is 5.25. The third-order valence-corrected chi connectivity index (χ3v) is 5.98. The van der Waals surface area contributed by atoms with Crippen molar-refractivity contribution in [2.75, 3.05) is 5.75 Å². The lowest BCUT2D eigenvalue weighted by Crippen LogP contribution is -2.05. The van der Waals surface area contributed by atoms with Crippen molar-refractivity contribution < 1.29 is 17.6 Å². The van der Waals surface area contributed by atoms with E-state index in [1.165, 1.54) is 23.9 Å². The van der Waals surface area contributed by atoms with Gasteiger partial charge in [0.25, 0.3) is 0 Å². The van der Waals surface area contributed by atoms with Gasteiger partial charge in [-0.15, -0.1) is 11.8 Å². The van der Waals surface area contributed by atoms with Crippen LogP contribution in [-0.2, 0) is 13.2 Å². The quantitative estimate of drug-likeness (QED) is 0.251. The minimum atomic E-state index is -4.52. The molecule has 6 nitrogen and oxygen atoms in total. The lowest BCUT2D eigenvalue weighted by molar-refractivity contribution is -0.137. The number of alkyl halides is 3. The lowest BCUT2D eigenvalue weighted by atomic mass is 10.1. The van der Waals surface area contributed by atoms with Crippen LogP contribution in [0.5, 0.6) is 0 Å². The second kappa shape index (κ2) is 7.84. The van der Waals surface area contributed by atoms with E-state index in [-0.39, 0.29) is 11.3 Å². The molecule has 0 atom stereocenters. The molecule has 0 aliphatic rings. The Bertz CT molecular complexity index is 1490. The van der Waals surface area contributed by atoms with Gasteiger partial charge in [-0.25, -0.2) is 23.9 Å². The number of nitrogens with zero attached hydrogens (tertiary/aromatic N) is 6. The highest BCUT2D eigenvalue weighted by molar-refractivity contribution is 7.99. The number of fused-ring (bicyclic) bond motifs is 2. The standard InChI is InChI=1S/C22H16F4N6S/c1-3-33-21-17(19-29-16-10-13(22(24,25)26)11-27-18(16)31(19)2)20-28-15(8-9-32(20)30-21)12-4-6-14(23)7-5-12/h4-11H,3H2,1-2H3. The molecule has 11 heteroatoms. The summed E-state index contributed by atoms with van der Waals surface area (Å²) < 4.78 is 56.1. The number of thioether (sulfide) groups is 1. The lowest BCUT2D eigenvalue weighted by Gasteiger charge is -2.05. The van der Waals surface area contributed by atoms with Crippen molar-refractivity contribution >= 4 is 28.6 Å². The first-order chi connectivity index (χ1) is 15.8. The molecular weight excluding hydrogens is 456 g/mol. The summed E-state index contributed by atoms with van der Waals surface area (Å²) in [7, 11) is 1.69. The molecule has 0 aliphatic heterocycles. The number of rotatable bonds is 4. The van der Waals surface area contributed by atoms with Crippen molar-refractivity contribution in [1.82, 2.24) is 29.1 Å². The van der Waals surface area contributed by atoms with Gasteiger partial charge >= 0.3 is 6.18 Å². The molecule has 0 N–H and O–H groups in total. The highest BCUT2D eigenvalue weighted by atomic mass is 32.2. The summed E-state index contributed by atoms with van der Waals surface area (Å²) in [6, 6.07) is 8.72. The van der Waals surface area contributed by atoms with Gasteiger partial charge in [-0.05, 0) is 42.2 Å². The van der Waals surface area contributed by atoms with E-state index in [0.29, 0.717) is 33.4 Å². The van der Waals surface area contributed by atoms with Crippen molar-refractivity contribution in [3.8, 4) is 22.6 Å². The molecule has 5 aromatic rings. The molecular formula is C22H16F4N6S. The van der Waals surface area contributed by atoms with Crippen LogP contribution in [0.4, 0.5) is 17.6 Å². The summed E-state index contributed by atoms with van der Waals surface area (Å²) >= 11 is 1.48. The van der Waals surface area contributed by atoms with Gasteiger partial charge in [-0.2, -0.15) is 18.3 Å². The van der Waals surface area contributed by atoms with E-state index in [1.54, 1.807) is 40.5 Å². The van der Waals surface area contributed by atoms with Gasteiger partial charge in [-0.1, -0.05) is 6.92 Å². The fourth-order valence-electron chi connectivity index (χ4n) is 3.58. The number of pyridine rings is 1. The van der Waals surface area contributed by atoms with Crippen molar-refractivity contribution in [2.45, 2.75) is 18.1 Å². The van der Waals surface area contributed by atoms with Gasteiger partial charge in [0, 0.05) is 25.0 Å². The smallest absolute Gasteiger partial charge is 0.312 e. The minimum Gasteiger partial charge on any atom is -0.312 e. The Morgan fingerprint density at radius 3 is 2.48 bits per heavy atom. The van der Waals surface area contributed by atoms with Crippen LogP contribution >= 0.6 is 11.8 Å². The minimum absolute atomic E-state index is 0.129. The largest absolute Gasteiger partial charge is 0.417 e. The number of halogens is 4. The zero-order valence-corrected chi connectivity index (χ0v) is 18.2. The summed E-state index contributed by atoms with van der Waals surface area (Å²) in [4.78, 5) is 13.2. The van der Waals surface area contributed by atoms with Crippen LogP contribution in [0.15, 0.2) is 53.8 Å². The van der Waals surface area contributed by atoms with Crippen LogP contribution in [0.1, 0.15) is 12.5 Å². The van der Waals surface area contributed by atoms with E-state index >= 15 is 0 Å². The second-order valence-electron chi connectivity index (χ2n) is 7.26. The molecule has 0 fully saturated rings. The Morgan fingerprint density at radius 1 is 1.03 bits per heavy atom. The average molecular weight is 472 g/mol. The van der Waals surface area contributed by atoms with Crippen molar-refractivity contribution in [3.05, 3.63) is 60.2 Å². The maximum Gasteiger partial charge on any atom is 0.417 e. The van der Waals surface area contributed by atoms with Crippen LogP contribution in [0.25, 0.3) is 39.5 Å². The van der Waals surface area contributed by atoms with E-state index in [9.17, 15) is 17.6 Å². The molecule has 0 amide bonds. The van der Waals surface area contributed by atoms with E-state index in [2.05, 4.69) is 15.1 Å². The molecule has 4 aromatic heterocycles. The normalized spacial score (nSPS) is 12.2. The third-order valence-electron chi connectivity index (χ3n) is 5.13. The first-order valence-corrected chi connectivity index (χ1v) is 10.9. The number of aryl methyl sites for hydroxylation is 1. The number of hydrogen-bond donors (Lipinski definition) is 0. The Balaban J connectivity index is 1.74. The van der Waals surface area contributed by atoms with E-state index in [1.807, 2.05) is 6.92 Å². The van der Waals surface area contributed by atoms with E-state index in [0.717, 1.165) is 23.6 Å². The summed E-state index contributed by atoms with van der Waals surface area (Å²) in [6.07, 6.45) is -1.97. The summed E-state index contributed by atoms with van der Waals surface area (Å²) in [5.41, 5.74) is 2.00. The molecule has 4 heterocycles. The average Bonchev–Trinajstić information content (AvgIpc) is 3.30. The van der Waals surface area contributed by atoms with Crippen molar-refractivity contribution in [3.63, 3.8) is 0 Å². The monoisotopic (exact) mass is 472 g/mol. The van der Waals surface area contributed by atoms with E-state index in [4.69, 9.17) is 4.98 Å². The zero-order chi connectivity index (χ0) is 23.3. The highest BCUT2D eigenvalue weighted by Gasteiger charge is 2.32. The maximum absolute atomic E-state index is 13.4. The van der Waals surface area contributed by atoms with Crippen LogP contribution in [0, 0.1) is 5.82 Å². The SMILES string of the molecule is CCSc1nn2ccc(-c3ccc(F)cc3)nc2c1-c1nc2cc(C(F)(F)F)cnc2n1C. The number of aromatic nitrogens is 6. The molecule has 0 unspecified atom stereocenters. The maximum atomic E-state index is 13.4. The fourth-order valence-corrected chi connectivity index (χ4v) is 4.32. The molecule has 5 rings (SSSR count). The van der Waals surface area contributed by atoms with Crippen LogP contribution in [0.2, 0.25) is 0 Å². The van der Waals surface area contributed by atoms with Gasteiger partial charge in [0.1, 0.15) is 22.2 Å². The zero-order valence-electron chi connectivity index (χ0n) is 17.4. The van der Waals surface area contributed by atoms with Crippen LogP contribution in [0.3, 0.4) is 0 Å². The molecule has 0 radical (unpaired) electrons. The third kappa shape index (κ3) is 3.71. The number of hydrogen-bond acceptors (Lipinski definition) is 5. The second-order valence-corrected chi connectivity index (χ2v) is 8.51. The van der Waals surface area contributed by atoms with Gasteiger partial charge in [0.15, 0.2) is 11.3 Å². The Hall–Kier alpha value is -3.47. The van der Waals surface area contributed by atoms with Gasteiger partial charge < -0.3 is 4.57 Å². The van der Waals surface area contributed by atoms with Crippen LogP contribution in [-0.4, -0.2) is 34.9 Å². The molecule has 0 saturated heterocycles. The molecule has 33 heavy (non-hydrogen) atoms. The molecule has 168 valence electrons. The van der Waals surface area contributed by atoms with E-state index < -0.39 is 11.7 Å². The molecule has 0 spiro atoms. The van der Waals surface area contributed by atoms with Gasteiger partial charge in [-0.3, -0.25) is 0 Å². The summed E-state index contributed by atoms with van der Waals surface area (Å²) in [5.74, 6) is 0.783. The predicted molar refractivity (Wildman–Crippen MR) is 117 cm³/mol. The Kier molecular flexibility index (Phi) is 5.08. The molecule has 0 saturated carbocycles. The fraction of sp³-hybridized carbons (Fsp3) is 0.182. The number of imidazole rings is 1. The first-order valence-electron chi connectivity index (χ1n) is 9.94. The topological polar surface area (TPSA) is 60.9 Å². The first kappa shape index (κ1) is 21.4. The van der Waals surface area contributed by atoms with Crippen molar-refractivity contribution in [1.29, 1.82) is 0 Å². The Labute approximate surface area is 189 Å². The predicted octanol–water partition coefficient (Wildman–Crippen LogP) is 5.61. The number of benzene rings is 1. The molecule has 1 aromatic carbocycles. The Morgan fingerprint density at radius 2 is 1.79 bits per heavy atom.